The summed E-state index contributed by atoms with van der Waals surface area (Å²) in [4.78, 5) is 24.7. The number of nitrogens with zero attached hydrogens (tertiary/aromatic N) is 1. The zero-order valence-corrected chi connectivity index (χ0v) is 15.3. The molecule has 2 rings (SSSR count). The fourth-order valence-corrected chi connectivity index (χ4v) is 2.54. The van der Waals surface area contributed by atoms with Gasteiger partial charge in [-0.1, -0.05) is 37.2 Å². The first-order valence-corrected chi connectivity index (χ1v) is 8.38. The van der Waals surface area contributed by atoms with Crippen molar-refractivity contribution in [3.63, 3.8) is 0 Å². The van der Waals surface area contributed by atoms with Gasteiger partial charge in [0.25, 0.3) is 5.91 Å². The van der Waals surface area contributed by atoms with Crippen LogP contribution in [0.1, 0.15) is 60.5 Å². The summed E-state index contributed by atoms with van der Waals surface area (Å²) < 4.78 is 10.2. The van der Waals surface area contributed by atoms with Crippen LogP contribution in [0, 0.1) is 13.8 Å². The van der Waals surface area contributed by atoms with Crippen LogP contribution >= 0.6 is 0 Å². The molecular weight excluding hydrogens is 320 g/mol. The smallest absolute Gasteiger partial charge is 0.344 e. The fourth-order valence-electron chi connectivity index (χ4n) is 2.54. The summed E-state index contributed by atoms with van der Waals surface area (Å²) in [7, 11) is 0. The molecular formula is C19H24N2O4. The summed E-state index contributed by atoms with van der Waals surface area (Å²) in [5.41, 5.74) is 2.50. The van der Waals surface area contributed by atoms with E-state index in [9.17, 15) is 9.59 Å². The largest absolute Gasteiger partial charge is 0.449 e. The molecule has 25 heavy (non-hydrogen) atoms. The Labute approximate surface area is 147 Å². The maximum atomic E-state index is 12.4. The Bertz CT molecular complexity index is 747. The minimum atomic E-state index is -0.939. The highest BCUT2D eigenvalue weighted by Crippen LogP contribution is 2.26. The molecule has 6 heteroatoms. The molecule has 6 nitrogen and oxygen atoms in total. The van der Waals surface area contributed by atoms with E-state index < -0.39 is 12.1 Å². The molecule has 0 spiro atoms. The van der Waals surface area contributed by atoms with Crippen LogP contribution in [0.15, 0.2) is 28.8 Å². The van der Waals surface area contributed by atoms with Crippen LogP contribution in [0.25, 0.3) is 0 Å². The zero-order valence-electron chi connectivity index (χ0n) is 15.3. The molecule has 1 amide bonds. The predicted octanol–water partition coefficient (Wildman–Crippen LogP) is 3.99. The second kappa shape index (κ2) is 7.96. The van der Waals surface area contributed by atoms with Crippen molar-refractivity contribution in [1.29, 1.82) is 0 Å². The molecule has 0 saturated carbocycles. The molecule has 0 aliphatic heterocycles. The highest BCUT2D eigenvalue weighted by Gasteiger charge is 2.24. The van der Waals surface area contributed by atoms with Gasteiger partial charge in [0.15, 0.2) is 6.10 Å². The first-order chi connectivity index (χ1) is 11.8. The maximum Gasteiger partial charge on any atom is 0.344 e. The number of benzene rings is 1. The van der Waals surface area contributed by atoms with E-state index in [2.05, 4.69) is 24.3 Å². The summed E-state index contributed by atoms with van der Waals surface area (Å²) in [5.74, 6) is -0.307. The first kappa shape index (κ1) is 18.7. The molecule has 0 bridgehead atoms. The molecule has 1 heterocycles. The maximum absolute atomic E-state index is 12.4. The number of nitrogens with one attached hydrogen (secondary N) is 1. The number of aryl methyl sites for hydroxylation is 2. The van der Waals surface area contributed by atoms with Gasteiger partial charge in [0, 0.05) is 5.69 Å². The van der Waals surface area contributed by atoms with Crippen LogP contribution in [0.4, 0.5) is 5.69 Å². The lowest BCUT2D eigenvalue weighted by Gasteiger charge is -2.18. The van der Waals surface area contributed by atoms with Gasteiger partial charge in [0.05, 0.1) is 5.69 Å². The lowest BCUT2D eigenvalue weighted by atomic mass is 9.97. The van der Waals surface area contributed by atoms with Crippen LogP contribution in [-0.2, 0) is 9.53 Å². The predicted molar refractivity (Wildman–Crippen MR) is 94.6 cm³/mol. The number of rotatable bonds is 6. The standard InChI is InChI=1S/C19H24N2O4/c1-6-11(2)15-9-7-8-10-16(15)20-18(22)14(5)24-19(23)17-12(3)21-25-13(17)4/h7-11,14H,6H2,1-5H3,(H,20,22)/t11-,14-/m0/s1. The fraction of sp³-hybridized carbons (Fsp3) is 0.421. The molecule has 0 fully saturated rings. The van der Waals surface area contributed by atoms with Gasteiger partial charge < -0.3 is 14.6 Å². The van der Waals surface area contributed by atoms with E-state index in [4.69, 9.17) is 9.26 Å². The van der Waals surface area contributed by atoms with Gasteiger partial charge in [0.1, 0.15) is 11.3 Å². The third-order valence-electron chi connectivity index (χ3n) is 4.25. The minimum absolute atomic E-state index is 0.264. The lowest BCUT2D eigenvalue weighted by Crippen LogP contribution is -2.30. The van der Waals surface area contributed by atoms with Gasteiger partial charge in [-0.05, 0) is 44.7 Å². The monoisotopic (exact) mass is 344 g/mol. The third kappa shape index (κ3) is 4.26. The Kier molecular flexibility index (Phi) is 5.96. The van der Waals surface area contributed by atoms with Crippen LogP contribution in [0.2, 0.25) is 0 Å². The van der Waals surface area contributed by atoms with E-state index in [1.54, 1.807) is 13.8 Å². The normalized spacial score (nSPS) is 13.2. The highest BCUT2D eigenvalue weighted by atomic mass is 16.5. The van der Waals surface area contributed by atoms with Crippen molar-refractivity contribution in [1.82, 2.24) is 5.16 Å². The summed E-state index contributed by atoms with van der Waals surface area (Å²) in [6.07, 6.45) is 0.0231. The molecule has 0 saturated heterocycles. The van der Waals surface area contributed by atoms with Crippen molar-refractivity contribution >= 4 is 17.6 Å². The zero-order chi connectivity index (χ0) is 18.6. The van der Waals surface area contributed by atoms with E-state index in [0.717, 1.165) is 17.7 Å². The topological polar surface area (TPSA) is 81.4 Å². The highest BCUT2D eigenvalue weighted by molar-refractivity contribution is 5.98. The number of hydrogen-bond donors (Lipinski definition) is 1. The van der Waals surface area contributed by atoms with Crippen molar-refractivity contribution in [2.45, 2.75) is 53.1 Å². The van der Waals surface area contributed by atoms with Crippen LogP contribution in [0.3, 0.4) is 0 Å². The Morgan fingerprint density at radius 1 is 1.24 bits per heavy atom. The summed E-state index contributed by atoms with van der Waals surface area (Å²) in [5, 5.41) is 6.57. The lowest BCUT2D eigenvalue weighted by molar-refractivity contribution is -0.123. The van der Waals surface area contributed by atoms with Gasteiger partial charge in [-0.2, -0.15) is 0 Å². The van der Waals surface area contributed by atoms with Crippen molar-refractivity contribution in [3.05, 3.63) is 46.8 Å². The number of para-hydroxylation sites is 1. The van der Waals surface area contributed by atoms with Gasteiger partial charge in [0.2, 0.25) is 0 Å². The number of aromatic nitrogens is 1. The van der Waals surface area contributed by atoms with Gasteiger partial charge in [-0.25, -0.2) is 4.79 Å². The summed E-state index contributed by atoms with van der Waals surface area (Å²) in [6.45, 7) is 9.02. The first-order valence-electron chi connectivity index (χ1n) is 8.38. The average molecular weight is 344 g/mol. The number of anilines is 1. The number of amides is 1. The molecule has 0 aliphatic rings. The molecule has 0 radical (unpaired) electrons. The van der Waals surface area contributed by atoms with Crippen LogP contribution < -0.4 is 5.32 Å². The Morgan fingerprint density at radius 3 is 2.52 bits per heavy atom. The van der Waals surface area contributed by atoms with Gasteiger partial charge in [-0.3, -0.25) is 4.79 Å². The Morgan fingerprint density at radius 2 is 1.92 bits per heavy atom. The Hall–Kier alpha value is -2.63. The molecule has 2 atom stereocenters. The molecule has 0 aliphatic carbocycles. The van der Waals surface area contributed by atoms with E-state index in [-0.39, 0.29) is 11.5 Å². The van der Waals surface area contributed by atoms with Crippen molar-refractivity contribution < 1.29 is 18.8 Å². The molecule has 0 unspecified atom stereocenters. The quantitative estimate of drug-likeness (QED) is 0.801. The number of carbonyl (C=O) groups excluding carboxylic acids is 2. The van der Waals surface area contributed by atoms with Gasteiger partial charge in [-0.15, -0.1) is 0 Å². The van der Waals surface area contributed by atoms with Crippen molar-refractivity contribution in [2.75, 3.05) is 5.32 Å². The minimum Gasteiger partial charge on any atom is -0.449 e. The molecule has 1 aromatic heterocycles. The number of hydrogen-bond acceptors (Lipinski definition) is 5. The second-order valence-corrected chi connectivity index (χ2v) is 6.13. The van der Waals surface area contributed by atoms with Crippen LogP contribution in [-0.4, -0.2) is 23.1 Å². The number of ether oxygens (including phenoxy) is 1. The molecule has 1 aromatic carbocycles. The SMILES string of the molecule is CC[C@H](C)c1ccccc1NC(=O)[C@H](C)OC(=O)c1c(C)noc1C. The summed E-state index contributed by atoms with van der Waals surface area (Å²) in [6, 6.07) is 7.65. The second-order valence-electron chi connectivity index (χ2n) is 6.13. The van der Waals surface area contributed by atoms with Crippen LogP contribution in [0.5, 0.6) is 0 Å². The Balaban J connectivity index is 2.08. The van der Waals surface area contributed by atoms with E-state index in [0.29, 0.717) is 17.4 Å². The van der Waals surface area contributed by atoms with E-state index >= 15 is 0 Å². The van der Waals surface area contributed by atoms with Crippen molar-refractivity contribution in [3.8, 4) is 0 Å². The summed E-state index contributed by atoms with van der Waals surface area (Å²) >= 11 is 0. The average Bonchev–Trinajstić information content (AvgIpc) is 2.93. The van der Waals surface area contributed by atoms with Crippen molar-refractivity contribution in [2.24, 2.45) is 0 Å². The molecule has 1 N–H and O–H groups in total. The third-order valence-corrected chi connectivity index (χ3v) is 4.25. The molecule has 134 valence electrons. The van der Waals surface area contributed by atoms with Gasteiger partial charge >= 0.3 is 5.97 Å². The number of esters is 1. The molecule has 2 aromatic rings. The van der Waals surface area contributed by atoms with E-state index in [1.807, 2.05) is 24.3 Å². The number of carbonyl (C=O) groups is 2. The van der Waals surface area contributed by atoms with E-state index in [1.165, 1.54) is 6.92 Å².